The van der Waals surface area contributed by atoms with Gasteiger partial charge < -0.3 is 14.8 Å². The van der Waals surface area contributed by atoms with Crippen molar-refractivity contribution in [1.82, 2.24) is 5.32 Å². The van der Waals surface area contributed by atoms with E-state index in [9.17, 15) is 9.59 Å². The van der Waals surface area contributed by atoms with Crippen LogP contribution in [0, 0.1) is 0 Å². The molecule has 0 aromatic rings. The van der Waals surface area contributed by atoms with Crippen LogP contribution in [0.25, 0.3) is 0 Å². The van der Waals surface area contributed by atoms with Crippen molar-refractivity contribution in [1.29, 1.82) is 0 Å². The van der Waals surface area contributed by atoms with Gasteiger partial charge in [-0.2, -0.15) is 0 Å². The summed E-state index contributed by atoms with van der Waals surface area (Å²) in [6, 6.07) is 0. The Morgan fingerprint density at radius 3 is 2.40 bits per heavy atom. The molecule has 0 rings (SSSR count). The zero-order valence-electron chi connectivity index (χ0n) is 12.9. The first-order chi connectivity index (χ1) is 9.41. The summed E-state index contributed by atoms with van der Waals surface area (Å²) < 4.78 is 9.96. The van der Waals surface area contributed by atoms with Crippen molar-refractivity contribution in [2.45, 2.75) is 52.6 Å². The first kappa shape index (κ1) is 18.6. The topological polar surface area (TPSA) is 64.6 Å². The molecule has 1 N–H and O–H groups in total. The standard InChI is InChI=1S/C15H27NO4/c1-12(2)11-16-9-5-6-10-19-14(17)7-8-15(18)20-13(3)4/h13,16H,1,5-11H2,2-4H3. The summed E-state index contributed by atoms with van der Waals surface area (Å²) in [7, 11) is 0. The van der Waals surface area contributed by atoms with Crippen molar-refractivity contribution in [2.24, 2.45) is 0 Å². The smallest absolute Gasteiger partial charge is 0.306 e. The first-order valence-corrected chi connectivity index (χ1v) is 7.12. The van der Waals surface area contributed by atoms with Gasteiger partial charge in [-0.15, -0.1) is 0 Å². The van der Waals surface area contributed by atoms with E-state index in [1.165, 1.54) is 0 Å². The van der Waals surface area contributed by atoms with Gasteiger partial charge in [0.25, 0.3) is 0 Å². The van der Waals surface area contributed by atoms with Gasteiger partial charge in [-0.05, 0) is 40.2 Å². The van der Waals surface area contributed by atoms with Gasteiger partial charge in [0.05, 0.1) is 25.6 Å². The fraction of sp³-hybridized carbons (Fsp3) is 0.733. The average molecular weight is 285 g/mol. The largest absolute Gasteiger partial charge is 0.466 e. The van der Waals surface area contributed by atoms with Crippen molar-refractivity contribution in [3.63, 3.8) is 0 Å². The molecule has 0 unspecified atom stereocenters. The third-order valence-electron chi connectivity index (χ3n) is 2.34. The van der Waals surface area contributed by atoms with Gasteiger partial charge in [-0.25, -0.2) is 0 Å². The summed E-state index contributed by atoms with van der Waals surface area (Å²) in [4.78, 5) is 22.6. The molecule has 0 saturated heterocycles. The van der Waals surface area contributed by atoms with Crippen LogP contribution in [0.1, 0.15) is 46.5 Å². The predicted octanol–water partition coefficient (Wildman–Crippen LogP) is 2.21. The van der Waals surface area contributed by atoms with E-state index in [0.29, 0.717) is 6.61 Å². The highest BCUT2D eigenvalue weighted by Gasteiger charge is 2.10. The lowest BCUT2D eigenvalue weighted by Gasteiger charge is -2.08. The van der Waals surface area contributed by atoms with E-state index in [-0.39, 0.29) is 30.9 Å². The zero-order valence-corrected chi connectivity index (χ0v) is 12.9. The molecule has 116 valence electrons. The Morgan fingerprint density at radius 2 is 1.80 bits per heavy atom. The lowest BCUT2D eigenvalue weighted by Crippen LogP contribution is -2.18. The third kappa shape index (κ3) is 13.1. The van der Waals surface area contributed by atoms with Gasteiger partial charge in [0.1, 0.15) is 0 Å². The quantitative estimate of drug-likeness (QED) is 0.358. The summed E-state index contributed by atoms with van der Waals surface area (Å²) in [6.07, 6.45) is 1.77. The van der Waals surface area contributed by atoms with Crippen LogP contribution >= 0.6 is 0 Å². The minimum Gasteiger partial charge on any atom is -0.466 e. The highest BCUT2D eigenvalue weighted by atomic mass is 16.5. The molecule has 5 heteroatoms. The lowest BCUT2D eigenvalue weighted by molar-refractivity contribution is -0.152. The lowest BCUT2D eigenvalue weighted by atomic mass is 10.3. The minimum atomic E-state index is -0.360. The number of esters is 2. The summed E-state index contributed by atoms with van der Waals surface area (Å²) in [5, 5.41) is 3.23. The van der Waals surface area contributed by atoms with Crippen LogP contribution < -0.4 is 5.32 Å². The monoisotopic (exact) mass is 285 g/mol. The van der Waals surface area contributed by atoms with Crippen LogP contribution in [-0.2, 0) is 19.1 Å². The Bertz CT molecular complexity index is 313. The molecule has 0 aromatic heterocycles. The molecular formula is C15H27NO4. The molecular weight excluding hydrogens is 258 g/mol. The summed E-state index contributed by atoms with van der Waals surface area (Å²) in [5.74, 6) is -0.707. The molecule has 0 spiro atoms. The molecule has 0 radical (unpaired) electrons. The second-order valence-electron chi connectivity index (χ2n) is 5.10. The first-order valence-electron chi connectivity index (χ1n) is 7.12. The predicted molar refractivity (Wildman–Crippen MR) is 78.3 cm³/mol. The number of carbonyl (C=O) groups is 2. The maximum atomic E-state index is 11.4. The van der Waals surface area contributed by atoms with Crippen LogP contribution in [0.15, 0.2) is 12.2 Å². The van der Waals surface area contributed by atoms with Crippen molar-refractivity contribution in [3.8, 4) is 0 Å². The Morgan fingerprint density at radius 1 is 1.15 bits per heavy atom. The highest BCUT2D eigenvalue weighted by molar-refractivity contribution is 5.77. The van der Waals surface area contributed by atoms with E-state index in [0.717, 1.165) is 31.5 Å². The van der Waals surface area contributed by atoms with Crippen molar-refractivity contribution < 1.29 is 19.1 Å². The molecule has 0 fully saturated rings. The number of carbonyl (C=O) groups excluding carboxylic acids is 2. The number of hydrogen-bond acceptors (Lipinski definition) is 5. The molecule has 0 bridgehead atoms. The molecule has 0 aliphatic rings. The van der Waals surface area contributed by atoms with Crippen LogP contribution in [0.3, 0.4) is 0 Å². The zero-order chi connectivity index (χ0) is 15.4. The van der Waals surface area contributed by atoms with Crippen molar-refractivity contribution in [3.05, 3.63) is 12.2 Å². The number of nitrogens with one attached hydrogen (secondary N) is 1. The van der Waals surface area contributed by atoms with Crippen LogP contribution in [0.5, 0.6) is 0 Å². The Kier molecular flexibility index (Phi) is 10.7. The molecule has 0 atom stereocenters. The molecule has 0 aliphatic carbocycles. The molecule has 0 amide bonds. The Labute approximate surface area is 121 Å². The number of unbranched alkanes of at least 4 members (excludes halogenated alkanes) is 1. The van der Waals surface area contributed by atoms with Crippen molar-refractivity contribution >= 4 is 11.9 Å². The number of rotatable bonds is 11. The van der Waals surface area contributed by atoms with E-state index < -0.39 is 0 Å². The maximum absolute atomic E-state index is 11.4. The van der Waals surface area contributed by atoms with Crippen LogP contribution in [0.4, 0.5) is 0 Å². The van der Waals surface area contributed by atoms with Gasteiger partial charge in [-0.3, -0.25) is 9.59 Å². The third-order valence-corrected chi connectivity index (χ3v) is 2.34. The molecule has 0 heterocycles. The second kappa shape index (κ2) is 11.5. The van der Waals surface area contributed by atoms with E-state index in [2.05, 4.69) is 11.9 Å². The minimum absolute atomic E-state index is 0.0805. The number of hydrogen-bond donors (Lipinski definition) is 1. The fourth-order valence-corrected chi connectivity index (χ4v) is 1.44. The molecule has 0 aliphatic heterocycles. The SMILES string of the molecule is C=C(C)CNCCCCOC(=O)CCC(=O)OC(C)C. The Balaban J connectivity index is 3.41. The van der Waals surface area contributed by atoms with Crippen molar-refractivity contribution in [2.75, 3.05) is 19.7 Å². The summed E-state index contributed by atoms with van der Waals surface area (Å²) in [5.41, 5.74) is 1.10. The summed E-state index contributed by atoms with van der Waals surface area (Å²) in [6.45, 7) is 11.4. The van der Waals surface area contributed by atoms with Gasteiger partial charge in [-0.1, -0.05) is 12.2 Å². The van der Waals surface area contributed by atoms with Gasteiger partial charge in [0.15, 0.2) is 0 Å². The van der Waals surface area contributed by atoms with E-state index >= 15 is 0 Å². The molecule has 20 heavy (non-hydrogen) atoms. The maximum Gasteiger partial charge on any atom is 0.306 e. The highest BCUT2D eigenvalue weighted by Crippen LogP contribution is 2.00. The molecule has 0 saturated carbocycles. The van der Waals surface area contributed by atoms with E-state index in [4.69, 9.17) is 9.47 Å². The van der Waals surface area contributed by atoms with E-state index in [1.54, 1.807) is 13.8 Å². The van der Waals surface area contributed by atoms with Gasteiger partial charge in [0.2, 0.25) is 0 Å². The second-order valence-corrected chi connectivity index (χ2v) is 5.10. The molecule has 5 nitrogen and oxygen atoms in total. The number of ether oxygens (including phenoxy) is 2. The average Bonchev–Trinajstić information content (AvgIpc) is 2.34. The Hall–Kier alpha value is -1.36. The normalized spacial score (nSPS) is 10.4. The van der Waals surface area contributed by atoms with Gasteiger partial charge in [0, 0.05) is 6.54 Å². The van der Waals surface area contributed by atoms with Crippen LogP contribution in [0.2, 0.25) is 0 Å². The summed E-state index contributed by atoms with van der Waals surface area (Å²) >= 11 is 0. The molecule has 0 aromatic carbocycles. The van der Waals surface area contributed by atoms with Gasteiger partial charge >= 0.3 is 11.9 Å². The van der Waals surface area contributed by atoms with E-state index in [1.807, 2.05) is 6.92 Å². The fourth-order valence-electron chi connectivity index (χ4n) is 1.44. The van der Waals surface area contributed by atoms with Crippen LogP contribution in [-0.4, -0.2) is 37.7 Å².